The molecule has 2 unspecified atom stereocenters. The molecular formula is C25H37F2N3O5. The molecule has 196 valence electrons. The Hall–Kier alpha value is -3.08. The average Bonchev–Trinajstić information content (AvgIpc) is 2.85. The highest BCUT2D eigenvalue weighted by molar-refractivity contribution is 5.86. The Bertz CT molecular complexity index is 836. The van der Waals surface area contributed by atoms with Crippen molar-refractivity contribution in [1.82, 2.24) is 10.6 Å². The van der Waals surface area contributed by atoms with E-state index in [0.29, 0.717) is 6.54 Å². The zero-order chi connectivity index (χ0) is 26.6. The second-order valence-electron chi connectivity index (χ2n) is 7.35. The number of methoxy groups -OCH3 is 2. The van der Waals surface area contributed by atoms with Gasteiger partial charge in [0.1, 0.15) is 23.5 Å². The molecule has 2 atom stereocenters. The van der Waals surface area contributed by atoms with Gasteiger partial charge in [-0.3, -0.25) is 9.59 Å². The van der Waals surface area contributed by atoms with Crippen molar-refractivity contribution in [3.63, 3.8) is 0 Å². The third kappa shape index (κ3) is 15.4. The number of carbonyl (C=O) groups excluding carboxylic acids is 2. The van der Waals surface area contributed by atoms with Crippen LogP contribution in [0.25, 0.3) is 0 Å². The summed E-state index contributed by atoms with van der Waals surface area (Å²) in [5, 5.41) is 14.6. The van der Waals surface area contributed by atoms with Gasteiger partial charge in [0.25, 0.3) is 0 Å². The maximum atomic E-state index is 12.3. The molecule has 0 heterocycles. The van der Waals surface area contributed by atoms with Gasteiger partial charge >= 0.3 is 0 Å². The predicted octanol–water partition coefficient (Wildman–Crippen LogP) is 2.53. The van der Waals surface area contributed by atoms with E-state index >= 15 is 0 Å². The number of carbonyl (C=O) groups is 2. The fourth-order valence-corrected chi connectivity index (χ4v) is 2.44. The number of ether oxygens (including phenoxy) is 2. The van der Waals surface area contributed by atoms with Crippen LogP contribution in [0.3, 0.4) is 0 Å². The first kappa shape index (κ1) is 31.9. The molecule has 2 aromatic rings. The third-order valence-corrected chi connectivity index (χ3v) is 4.16. The predicted molar refractivity (Wildman–Crippen MR) is 131 cm³/mol. The van der Waals surface area contributed by atoms with E-state index in [1.807, 2.05) is 30.3 Å². The number of benzene rings is 2. The van der Waals surface area contributed by atoms with Crippen molar-refractivity contribution in [2.75, 3.05) is 27.3 Å². The van der Waals surface area contributed by atoms with Gasteiger partial charge in [-0.15, -0.1) is 0 Å². The highest BCUT2D eigenvalue weighted by Crippen LogP contribution is 2.13. The molecule has 0 aliphatic heterocycles. The van der Waals surface area contributed by atoms with Crippen LogP contribution >= 0.6 is 0 Å². The number of hydrogen-bond donors (Lipinski definition) is 4. The van der Waals surface area contributed by atoms with Crippen molar-refractivity contribution >= 4 is 11.8 Å². The summed E-state index contributed by atoms with van der Waals surface area (Å²) in [6.07, 6.45) is -0.312. The Morgan fingerprint density at radius 2 is 1.60 bits per heavy atom. The van der Waals surface area contributed by atoms with Gasteiger partial charge in [0.05, 0.1) is 19.8 Å². The fraction of sp³-hybridized carbons (Fsp3) is 0.440. The molecule has 0 fully saturated rings. The molecule has 0 spiro atoms. The van der Waals surface area contributed by atoms with E-state index in [9.17, 15) is 23.5 Å². The lowest BCUT2D eigenvalue weighted by molar-refractivity contribution is -0.134. The van der Waals surface area contributed by atoms with Crippen LogP contribution in [-0.2, 0) is 20.9 Å². The first-order valence-corrected chi connectivity index (χ1v) is 11.2. The lowest BCUT2D eigenvalue weighted by Gasteiger charge is -2.17. The van der Waals surface area contributed by atoms with E-state index < -0.39 is 29.7 Å². The quantitative estimate of drug-likeness (QED) is 0.400. The molecule has 0 aliphatic rings. The van der Waals surface area contributed by atoms with E-state index in [-0.39, 0.29) is 31.2 Å². The standard InChI is InChI=1S/C15H23N3O4.C7H6F2O.C3H8/c1-22-13(7-12(19)8-16)15(21)18-10-14(20)17-9-11-5-3-2-4-6-11;1-10-7-3-5(8)2-6(9)4-7;1-3-2/h2-6,12-13,19H,7-10,16H2,1H3,(H,17,20)(H,18,21);2-4H,1H3;3H2,1-2H3. The zero-order valence-electron chi connectivity index (χ0n) is 20.7. The SMILES string of the molecule is CCC.COC(CC(O)CN)C(=O)NCC(=O)NCc1ccccc1.COc1cc(F)cc(F)c1. The molecular weight excluding hydrogens is 460 g/mol. The summed E-state index contributed by atoms with van der Waals surface area (Å²) in [5.74, 6) is -1.82. The zero-order valence-corrected chi connectivity index (χ0v) is 20.7. The van der Waals surface area contributed by atoms with Crippen molar-refractivity contribution in [3.8, 4) is 5.75 Å². The van der Waals surface area contributed by atoms with Gasteiger partial charge in [0, 0.05) is 44.8 Å². The second-order valence-corrected chi connectivity index (χ2v) is 7.35. The molecule has 2 rings (SSSR count). The number of nitrogens with one attached hydrogen (secondary N) is 2. The summed E-state index contributed by atoms with van der Waals surface area (Å²) in [7, 11) is 2.72. The summed E-state index contributed by atoms with van der Waals surface area (Å²) in [6.45, 7) is 4.55. The molecule has 35 heavy (non-hydrogen) atoms. The highest BCUT2D eigenvalue weighted by Gasteiger charge is 2.21. The number of rotatable bonds is 10. The lowest BCUT2D eigenvalue weighted by atomic mass is 10.1. The van der Waals surface area contributed by atoms with E-state index in [1.165, 1.54) is 20.6 Å². The fourth-order valence-electron chi connectivity index (χ4n) is 2.44. The minimum atomic E-state index is -0.833. The van der Waals surface area contributed by atoms with E-state index in [0.717, 1.165) is 23.8 Å². The molecule has 0 aliphatic carbocycles. The molecule has 0 aromatic heterocycles. The van der Waals surface area contributed by atoms with E-state index in [2.05, 4.69) is 29.2 Å². The van der Waals surface area contributed by atoms with Crippen molar-refractivity contribution in [2.24, 2.45) is 5.73 Å². The van der Waals surface area contributed by atoms with Crippen LogP contribution in [0.2, 0.25) is 0 Å². The van der Waals surface area contributed by atoms with Crippen LogP contribution in [0.4, 0.5) is 8.78 Å². The lowest BCUT2D eigenvalue weighted by Crippen LogP contribution is -2.43. The number of aliphatic hydroxyl groups excluding tert-OH is 1. The second kappa shape index (κ2) is 19.2. The van der Waals surface area contributed by atoms with Gasteiger partial charge in [-0.2, -0.15) is 0 Å². The minimum absolute atomic E-state index is 0.0463. The maximum Gasteiger partial charge on any atom is 0.249 e. The third-order valence-electron chi connectivity index (χ3n) is 4.16. The van der Waals surface area contributed by atoms with E-state index in [4.69, 9.17) is 10.5 Å². The molecule has 2 aromatic carbocycles. The molecule has 0 radical (unpaired) electrons. The van der Waals surface area contributed by atoms with Crippen LogP contribution in [0.5, 0.6) is 5.75 Å². The number of aliphatic hydroxyl groups is 1. The van der Waals surface area contributed by atoms with Gasteiger partial charge in [-0.25, -0.2) is 8.78 Å². The molecule has 0 bridgehead atoms. The highest BCUT2D eigenvalue weighted by atomic mass is 19.1. The number of nitrogens with two attached hydrogens (primary N) is 1. The van der Waals surface area contributed by atoms with Gasteiger partial charge in [-0.05, 0) is 5.56 Å². The van der Waals surface area contributed by atoms with Crippen LogP contribution in [0.15, 0.2) is 48.5 Å². The molecule has 10 heteroatoms. The summed E-state index contributed by atoms with van der Waals surface area (Å²) < 4.78 is 34.2. The number of amides is 2. The average molecular weight is 498 g/mol. The van der Waals surface area contributed by atoms with Crippen molar-refractivity contribution < 1.29 is 33.0 Å². The maximum absolute atomic E-state index is 12.3. The Labute approximate surface area is 205 Å². The van der Waals surface area contributed by atoms with Crippen LogP contribution in [-0.4, -0.2) is 56.4 Å². The summed E-state index contributed by atoms with van der Waals surface area (Å²) in [6, 6.07) is 12.5. The first-order chi connectivity index (χ1) is 16.7. The van der Waals surface area contributed by atoms with Gasteiger partial charge in [-0.1, -0.05) is 50.6 Å². The molecule has 5 N–H and O–H groups in total. The number of halogens is 2. The monoisotopic (exact) mass is 497 g/mol. The summed E-state index contributed by atoms with van der Waals surface area (Å²) >= 11 is 0. The summed E-state index contributed by atoms with van der Waals surface area (Å²) in [5.41, 5.74) is 6.27. The van der Waals surface area contributed by atoms with Gasteiger partial charge in [0.2, 0.25) is 11.8 Å². The van der Waals surface area contributed by atoms with E-state index in [1.54, 1.807) is 0 Å². The molecule has 8 nitrogen and oxygen atoms in total. The van der Waals surface area contributed by atoms with Crippen LogP contribution in [0, 0.1) is 11.6 Å². The topological polar surface area (TPSA) is 123 Å². The molecule has 0 saturated carbocycles. The van der Waals surface area contributed by atoms with Gasteiger partial charge in [0.15, 0.2) is 0 Å². The Kier molecular flexibility index (Phi) is 17.6. The van der Waals surface area contributed by atoms with Crippen molar-refractivity contribution in [1.29, 1.82) is 0 Å². The Balaban J connectivity index is 0.000000733. The van der Waals surface area contributed by atoms with Crippen LogP contribution < -0.4 is 21.1 Å². The van der Waals surface area contributed by atoms with Crippen molar-refractivity contribution in [3.05, 3.63) is 65.7 Å². The van der Waals surface area contributed by atoms with Crippen molar-refractivity contribution in [2.45, 2.75) is 45.4 Å². The first-order valence-electron chi connectivity index (χ1n) is 11.2. The normalized spacial score (nSPS) is 11.5. The number of hydrogen-bond acceptors (Lipinski definition) is 6. The Morgan fingerprint density at radius 1 is 1.03 bits per heavy atom. The minimum Gasteiger partial charge on any atom is -0.497 e. The smallest absolute Gasteiger partial charge is 0.249 e. The largest absolute Gasteiger partial charge is 0.497 e. The molecule has 0 saturated heterocycles. The Morgan fingerprint density at radius 3 is 2.09 bits per heavy atom. The molecule has 2 amide bonds. The van der Waals surface area contributed by atoms with Crippen LogP contribution in [0.1, 0.15) is 32.3 Å². The summed E-state index contributed by atoms with van der Waals surface area (Å²) in [4.78, 5) is 23.5. The van der Waals surface area contributed by atoms with Gasteiger partial charge < -0.3 is 30.9 Å².